The lowest BCUT2D eigenvalue weighted by Gasteiger charge is -2.33. The Labute approximate surface area is 139 Å². The van der Waals surface area contributed by atoms with Crippen LogP contribution in [-0.4, -0.2) is 11.6 Å². The van der Waals surface area contributed by atoms with Crippen molar-refractivity contribution in [3.05, 3.63) is 58.6 Å². The number of hydrogen-bond donors (Lipinski definition) is 1. The smallest absolute Gasteiger partial charge is 0.248 e. The molecule has 1 atom stereocenters. The SMILES string of the molecule is Nc1ccc(N2N=C3c4cc(Cl)ccc4CCC3CC2=O)cc1. The number of nitrogen functional groups attached to an aromatic ring is 1. The largest absolute Gasteiger partial charge is 0.399 e. The van der Waals surface area contributed by atoms with Crippen LogP contribution in [0.1, 0.15) is 24.0 Å². The lowest BCUT2D eigenvalue weighted by molar-refractivity contribution is -0.119. The van der Waals surface area contributed by atoms with Gasteiger partial charge in [0, 0.05) is 28.6 Å². The third-order valence-electron chi connectivity index (χ3n) is 4.50. The maximum Gasteiger partial charge on any atom is 0.248 e. The number of aryl methyl sites for hydroxylation is 1. The van der Waals surface area contributed by atoms with Gasteiger partial charge in [0.05, 0.1) is 11.4 Å². The fraction of sp³-hybridized carbons (Fsp3) is 0.222. The van der Waals surface area contributed by atoms with E-state index >= 15 is 0 Å². The monoisotopic (exact) mass is 325 g/mol. The first kappa shape index (κ1) is 14.3. The van der Waals surface area contributed by atoms with Crippen LogP contribution >= 0.6 is 11.6 Å². The molecular weight excluding hydrogens is 310 g/mol. The zero-order valence-electron chi connectivity index (χ0n) is 12.5. The maximum absolute atomic E-state index is 12.5. The molecule has 2 aromatic carbocycles. The fourth-order valence-corrected chi connectivity index (χ4v) is 3.48. The van der Waals surface area contributed by atoms with E-state index < -0.39 is 0 Å². The Morgan fingerprint density at radius 2 is 1.96 bits per heavy atom. The van der Waals surface area contributed by atoms with Crippen LogP contribution in [0.5, 0.6) is 0 Å². The van der Waals surface area contributed by atoms with E-state index in [0.29, 0.717) is 17.1 Å². The molecule has 1 amide bonds. The number of fused-ring (bicyclic) bond motifs is 3. The van der Waals surface area contributed by atoms with E-state index in [2.05, 4.69) is 11.2 Å². The summed E-state index contributed by atoms with van der Waals surface area (Å²) >= 11 is 6.16. The maximum atomic E-state index is 12.5. The minimum atomic E-state index is 0.0222. The first-order valence-corrected chi connectivity index (χ1v) is 8.05. The molecule has 1 aliphatic heterocycles. The second-order valence-electron chi connectivity index (χ2n) is 6.02. The van der Waals surface area contributed by atoms with Gasteiger partial charge in [0.1, 0.15) is 0 Å². The van der Waals surface area contributed by atoms with Crippen molar-refractivity contribution in [1.82, 2.24) is 0 Å². The van der Waals surface area contributed by atoms with Crippen molar-refractivity contribution < 1.29 is 4.79 Å². The molecule has 1 aliphatic carbocycles. The Hall–Kier alpha value is -2.33. The highest BCUT2D eigenvalue weighted by Crippen LogP contribution is 2.34. The molecule has 0 radical (unpaired) electrons. The van der Waals surface area contributed by atoms with Gasteiger partial charge in [-0.15, -0.1) is 0 Å². The molecule has 2 aromatic rings. The Bertz CT molecular complexity index is 814. The number of anilines is 2. The number of carbonyl (C=O) groups is 1. The van der Waals surface area contributed by atoms with Crippen molar-refractivity contribution in [1.29, 1.82) is 0 Å². The molecule has 23 heavy (non-hydrogen) atoms. The molecule has 1 heterocycles. The summed E-state index contributed by atoms with van der Waals surface area (Å²) in [6, 6.07) is 13.1. The van der Waals surface area contributed by atoms with Gasteiger partial charge in [0.15, 0.2) is 0 Å². The Kier molecular flexibility index (Phi) is 3.34. The molecule has 0 spiro atoms. The molecule has 2 N–H and O–H groups in total. The van der Waals surface area contributed by atoms with Crippen LogP contribution in [0.15, 0.2) is 47.6 Å². The molecule has 4 nitrogen and oxygen atoms in total. The molecule has 1 unspecified atom stereocenters. The lowest BCUT2D eigenvalue weighted by Crippen LogP contribution is -2.39. The lowest BCUT2D eigenvalue weighted by atomic mass is 9.79. The highest BCUT2D eigenvalue weighted by atomic mass is 35.5. The number of hydrazone groups is 1. The third kappa shape index (κ3) is 2.49. The molecular formula is C18H16ClN3O. The van der Waals surface area contributed by atoms with Gasteiger partial charge in [-0.05, 0) is 54.8 Å². The summed E-state index contributed by atoms with van der Waals surface area (Å²) in [6.07, 6.45) is 2.40. The zero-order chi connectivity index (χ0) is 16.0. The average molecular weight is 326 g/mol. The Balaban J connectivity index is 1.81. The van der Waals surface area contributed by atoms with Crippen LogP contribution in [0.2, 0.25) is 5.02 Å². The number of nitrogens with zero attached hydrogens (tertiary/aromatic N) is 2. The topological polar surface area (TPSA) is 58.7 Å². The van der Waals surface area contributed by atoms with Gasteiger partial charge in [0.2, 0.25) is 5.91 Å². The van der Waals surface area contributed by atoms with Crippen molar-refractivity contribution in [3.8, 4) is 0 Å². The summed E-state index contributed by atoms with van der Waals surface area (Å²) in [4.78, 5) is 12.5. The van der Waals surface area contributed by atoms with E-state index in [0.717, 1.165) is 29.8 Å². The van der Waals surface area contributed by atoms with Crippen molar-refractivity contribution in [2.75, 3.05) is 10.7 Å². The quantitative estimate of drug-likeness (QED) is 0.814. The molecule has 4 rings (SSSR count). The normalized spacial score (nSPS) is 19.9. The summed E-state index contributed by atoms with van der Waals surface area (Å²) < 4.78 is 0. The highest BCUT2D eigenvalue weighted by molar-refractivity contribution is 6.31. The van der Waals surface area contributed by atoms with E-state index in [-0.39, 0.29) is 11.8 Å². The minimum absolute atomic E-state index is 0.0222. The summed E-state index contributed by atoms with van der Waals surface area (Å²) in [6.45, 7) is 0. The number of carbonyl (C=O) groups excluding carboxylic acids is 1. The van der Waals surface area contributed by atoms with Gasteiger partial charge in [0.25, 0.3) is 0 Å². The van der Waals surface area contributed by atoms with Crippen LogP contribution in [-0.2, 0) is 11.2 Å². The molecule has 0 fully saturated rings. The first-order valence-electron chi connectivity index (χ1n) is 7.67. The van der Waals surface area contributed by atoms with E-state index in [1.165, 1.54) is 10.6 Å². The third-order valence-corrected chi connectivity index (χ3v) is 4.73. The second kappa shape index (κ2) is 5.39. The Morgan fingerprint density at radius 1 is 1.17 bits per heavy atom. The predicted molar refractivity (Wildman–Crippen MR) is 92.8 cm³/mol. The average Bonchev–Trinajstić information content (AvgIpc) is 2.55. The minimum Gasteiger partial charge on any atom is -0.399 e. The molecule has 0 bridgehead atoms. The number of halogens is 1. The van der Waals surface area contributed by atoms with Gasteiger partial charge >= 0.3 is 0 Å². The number of hydrogen-bond acceptors (Lipinski definition) is 3. The van der Waals surface area contributed by atoms with Crippen LogP contribution in [0.25, 0.3) is 0 Å². The summed E-state index contributed by atoms with van der Waals surface area (Å²) in [7, 11) is 0. The molecule has 0 saturated carbocycles. The van der Waals surface area contributed by atoms with E-state index in [1.54, 1.807) is 12.1 Å². The summed E-state index contributed by atoms with van der Waals surface area (Å²) in [5.74, 6) is 0.201. The molecule has 2 aliphatic rings. The molecule has 5 heteroatoms. The van der Waals surface area contributed by atoms with Gasteiger partial charge in [-0.2, -0.15) is 5.10 Å². The number of benzene rings is 2. The van der Waals surface area contributed by atoms with Gasteiger partial charge in [-0.3, -0.25) is 4.79 Å². The van der Waals surface area contributed by atoms with E-state index in [1.807, 2.05) is 24.3 Å². The molecule has 0 aromatic heterocycles. The van der Waals surface area contributed by atoms with Crippen LogP contribution in [0, 0.1) is 5.92 Å². The second-order valence-corrected chi connectivity index (χ2v) is 6.46. The Morgan fingerprint density at radius 3 is 2.74 bits per heavy atom. The van der Waals surface area contributed by atoms with Crippen LogP contribution in [0.3, 0.4) is 0 Å². The highest BCUT2D eigenvalue weighted by Gasteiger charge is 2.34. The predicted octanol–water partition coefficient (Wildman–Crippen LogP) is 3.63. The zero-order valence-corrected chi connectivity index (χ0v) is 13.3. The van der Waals surface area contributed by atoms with Crippen molar-refractivity contribution in [2.24, 2.45) is 11.0 Å². The fourth-order valence-electron chi connectivity index (χ4n) is 3.30. The molecule has 116 valence electrons. The summed E-state index contributed by atoms with van der Waals surface area (Å²) in [5, 5.41) is 6.85. The number of amides is 1. The van der Waals surface area contributed by atoms with Crippen molar-refractivity contribution in [3.63, 3.8) is 0 Å². The number of nitrogens with two attached hydrogens (primary N) is 1. The van der Waals surface area contributed by atoms with E-state index in [4.69, 9.17) is 17.3 Å². The summed E-state index contributed by atoms with van der Waals surface area (Å²) in [5.41, 5.74) is 10.4. The van der Waals surface area contributed by atoms with Crippen molar-refractivity contribution >= 4 is 34.6 Å². The van der Waals surface area contributed by atoms with Crippen LogP contribution < -0.4 is 10.7 Å². The number of rotatable bonds is 1. The van der Waals surface area contributed by atoms with Crippen LogP contribution in [0.4, 0.5) is 11.4 Å². The first-order chi connectivity index (χ1) is 11.1. The van der Waals surface area contributed by atoms with Gasteiger partial charge in [-0.25, -0.2) is 5.01 Å². The van der Waals surface area contributed by atoms with E-state index in [9.17, 15) is 4.79 Å². The van der Waals surface area contributed by atoms with Gasteiger partial charge in [-0.1, -0.05) is 17.7 Å². The molecule has 0 saturated heterocycles. The van der Waals surface area contributed by atoms with Gasteiger partial charge < -0.3 is 5.73 Å². The van der Waals surface area contributed by atoms with Crippen molar-refractivity contribution in [2.45, 2.75) is 19.3 Å². The standard InChI is InChI=1S/C18H16ClN3O/c19-13-4-3-11-1-2-12-9-17(23)22(21-18(12)16(11)10-13)15-7-5-14(20)6-8-15/h3-8,10,12H,1-2,9,20H2.